The summed E-state index contributed by atoms with van der Waals surface area (Å²) in [6.45, 7) is 7.06. The van der Waals surface area contributed by atoms with Crippen LogP contribution in [0.15, 0.2) is 59.1 Å². The van der Waals surface area contributed by atoms with E-state index in [0.29, 0.717) is 0 Å². The third-order valence-electron chi connectivity index (χ3n) is 4.18. The maximum absolute atomic E-state index is 7.00. The smallest absolute Gasteiger partial charge is 0.151 e. The molecule has 0 saturated heterocycles. The van der Waals surface area contributed by atoms with Crippen molar-refractivity contribution in [3.8, 4) is 11.3 Å². The molecular formula is C22H26IrNO3Si-. The van der Waals surface area contributed by atoms with Gasteiger partial charge in [-0.3, -0.25) is 0 Å². The van der Waals surface area contributed by atoms with E-state index in [9.17, 15) is 0 Å². The molecule has 0 amide bonds. The molecule has 0 aliphatic rings. The molecule has 0 saturated carbocycles. The van der Waals surface area contributed by atoms with Crippen LogP contribution >= 0.6 is 0 Å². The molecule has 151 valence electrons. The quantitative estimate of drug-likeness (QED) is 0.279. The Balaban J connectivity index is 0.000000739. The molecule has 0 aliphatic carbocycles. The summed E-state index contributed by atoms with van der Waals surface area (Å²) < 4.78 is 5.88. The first-order chi connectivity index (χ1) is 13.0. The molecule has 4 aromatic rings. The number of benzene rings is 2. The van der Waals surface area contributed by atoms with E-state index in [1.165, 1.54) is 5.19 Å². The molecule has 2 heterocycles. The van der Waals surface area contributed by atoms with Crippen LogP contribution in [0.3, 0.4) is 0 Å². The van der Waals surface area contributed by atoms with Crippen molar-refractivity contribution in [2.45, 2.75) is 19.6 Å². The van der Waals surface area contributed by atoms with Crippen LogP contribution in [0.4, 0.5) is 0 Å². The van der Waals surface area contributed by atoms with Crippen LogP contribution in [-0.2, 0) is 20.1 Å². The Morgan fingerprint density at radius 1 is 0.893 bits per heavy atom. The first kappa shape index (κ1) is 24.2. The molecule has 28 heavy (non-hydrogen) atoms. The maximum atomic E-state index is 7.00. The second kappa shape index (κ2) is 10.6. The van der Waals surface area contributed by atoms with Gasteiger partial charge in [0.2, 0.25) is 0 Å². The second-order valence-corrected chi connectivity index (χ2v) is 11.9. The average molecular weight is 573 g/mol. The summed E-state index contributed by atoms with van der Waals surface area (Å²) >= 11 is 0. The third kappa shape index (κ3) is 4.96. The molecule has 6 heteroatoms. The van der Waals surface area contributed by atoms with Crippen molar-refractivity contribution in [3.63, 3.8) is 0 Å². The van der Waals surface area contributed by atoms with Crippen LogP contribution < -0.4 is 5.19 Å². The molecule has 0 spiro atoms. The van der Waals surface area contributed by atoms with Gasteiger partial charge in [-0.1, -0.05) is 43.9 Å². The van der Waals surface area contributed by atoms with Gasteiger partial charge in [0.15, 0.2) is 5.58 Å². The fourth-order valence-electron chi connectivity index (χ4n) is 3.04. The Hall–Kier alpha value is -1.82. The van der Waals surface area contributed by atoms with Gasteiger partial charge >= 0.3 is 0 Å². The summed E-state index contributed by atoms with van der Waals surface area (Å²) in [5.74, 6) is 0. The number of hydrogen-bond donors (Lipinski definition) is 2. The summed E-state index contributed by atoms with van der Waals surface area (Å²) in [5.41, 5.74) is 3.84. The minimum atomic E-state index is -1.46. The third-order valence-corrected chi connectivity index (χ3v) is 6.22. The normalized spacial score (nSPS) is 10.4. The SMILES string of the molecule is CO.CO.C[Si](C)(C)c1ccc[c-]c1-c1cc2c(cn1)oc1ccccc12.[Ir]. The van der Waals surface area contributed by atoms with Gasteiger partial charge in [-0.05, 0) is 11.8 Å². The molecule has 0 unspecified atom stereocenters. The molecule has 4 rings (SSSR count). The van der Waals surface area contributed by atoms with E-state index in [4.69, 9.17) is 14.6 Å². The predicted molar refractivity (Wildman–Crippen MR) is 115 cm³/mol. The van der Waals surface area contributed by atoms with Crippen molar-refractivity contribution >= 4 is 35.2 Å². The van der Waals surface area contributed by atoms with Crippen molar-refractivity contribution in [2.75, 3.05) is 14.2 Å². The molecule has 2 N–H and O–H groups in total. The number of aliphatic hydroxyl groups excluding tert-OH is 2. The van der Waals surface area contributed by atoms with Gasteiger partial charge in [-0.2, -0.15) is 0 Å². The van der Waals surface area contributed by atoms with E-state index < -0.39 is 8.07 Å². The Morgan fingerprint density at radius 2 is 1.57 bits per heavy atom. The van der Waals surface area contributed by atoms with Crippen LogP contribution in [-0.4, -0.2) is 37.5 Å². The number of rotatable bonds is 2. The number of fused-ring (bicyclic) bond motifs is 3. The molecule has 0 aliphatic heterocycles. The minimum Gasteiger partial charge on any atom is -0.455 e. The number of hydrogen-bond acceptors (Lipinski definition) is 4. The number of nitrogens with zero attached hydrogens (tertiary/aromatic N) is 1. The van der Waals surface area contributed by atoms with E-state index in [2.05, 4.69) is 55.0 Å². The van der Waals surface area contributed by atoms with E-state index in [-0.39, 0.29) is 20.1 Å². The largest absolute Gasteiger partial charge is 0.455 e. The minimum absolute atomic E-state index is 0. The summed E-state index contributed by atoms with van der Waals surface area (Å²) in [7, 11) is 0.540. The second-order valence-electron chi connectivity index (χ2n) is 6.87. The molecule has 0 bridgehead atoms. The standard InChI is InChI=1S/C20H18NOSi.2CH4O.Ir/c1-23(2,3)20-11-7-5-9-15(20)17-12-16-14-8-4-6-10-18(14)22-19(16)13-21-17;2*1-2;/h4-8,10-13H,1-3H3;2*2H,1H3;/q-1;;;. The van der Waals surface area contributed by atoms with Crippen LogP contribution in [0.25, 0.3) is 33.2 Å². The first-order valence-corrected chi connectivity index (χ1v) is 12.2. The first-order valence-electron chi connectivity index (χ1n) is 8.72. The molecular weight excluding hydrogens is 547 g/mol. The van der Waals surface area contributed by atoms with E-state index in [0.717, 1.165) is 47.4 Å². The van der Waals surface area contributed by atoms with E-state index in [1.807, 2.05) is 30.5 Å². The predicted octanol–water partition coefficient (Wildman–Crippen LogP) is 4.21. The molecule has 2 aromatic carbocycles. The summed E-state index contributed by atoms with van der Waals surface area (Å²) in [6, 6.07) is 19.9. The molecule has 0 fully saturated rings. The summed E-state index contributed by atoms with van der Waals surface area (Å²) in [6.07, 6.45) is 1.83. The Labute approximate surface area is 180 Å². The number of para-hydroxylation sites is 1. The van der Waals surface area contributed by atoms with Crippen LogP contribution in [0.1, 0.15) is 0 Å². The topological polar surface area (TPSA) is 66.5 Å². The fraction of sp³-hybridized carbons (Fsp3) is 0.227. The average Bonchev–Trinajstić information content (AvgIpc) is 3.08. The van der Waals surface area contributed by atoms with Crippen LogP contribution in [0.2, 0.25) is 19.6 Å². The maximum Gasteiger partial charge on any atom is 0.151 e. The van der Waals surface area contributed by atoms with Crippen LogP contribution in [0.5, 0.6) is 0 Å². The Kier molecular flexibility index (Phi) is 9.21. The Bertz CT molecular complexity index is 1030. The van der Waals surface area contributed by atoms with Gasteiger partial charge in [0, 0.05) is 53.2 Å². The van der Waals surface area contributed by atoms with E-state index in [1.54, 1.807) is 0 Å². The van der Waals surface area contributed by atoms with Gasteiger partial charge in [0.1, 0.15) is 5.58 Å². The van der Waals surface area contributed by atoms with Gasteiger partial charge in [0.05, 0.1) is 6.20 Å². The Morgan fingerprint density at radius 3 is 2.25 bits per heavy atom. The number of furan rings is 1. The molecule has 0 atom stereocenters. The molecule has 1 radical (unpaired) electrons. The van der Waals surface area contributed by atoms with Gasteiger partial charge in [0.25, 0.3) is 0 Å². The van der Waals surface area contributed by atoms with Crippen molar-refractivity contribution in [1.82, 2.24) is 4.98 Å². The van der Waals surface area contributed by atoms with Crippen molar-refractivity contribution < 1.29 is 34.7 Å². The molecule has 2 aromatic heterocycles. The number of pyridine rings is 1. The summed E-state index contributed by atoms with van der Waals surface area (Å²) in [5, 5.41) is 17.6. The molecule has 4 nitrogen and oxygen atoms in total. The van der Waals surface area contributed by atoms with Crippen LogP contribution in [0, 0.1) is 6.07 Å². The van der Waals surface area contributed by atoms with Crippen molar-refractivity contribution in [3.05, 3.63) is 60.8 Å². The zero-order valence-electron chi connectivity index (χ0n) is 16.8. The van der Waals surface area contributed by atoms with Gasteiger partial charge in [-0.15, -0.1) is 35.0 Å². The number of aromatic nitrogens is 1. The fourth-order valence-corrected chi connectivity index (χ4v) is 4.59. The van der Waals surface area contributed by atoms with Crippen molar-refractivity contribution in [1.29, 1.82) is 0 Å². The van der Waals surface area contributed by atoms with Gasteiger partial charge < -0.3 is 19.6 Å². The monoisotopic (exact) mass is 573 g/mol. The zero-order valence-corrected chi connectivity index (χ0v) is 20.2. The van der Waals surface area contributed by atoms with Crippen molar-refractivity contribution in [2.24, 2.45) is 0 Å². The zero-order chi connectivity index (χ0) is 20.0. The summed E-state index contributed by atoms with van der Waals surface area (Å²) in [4.78, 5) is 4.64. The number of aliphatic hydroxyl groups is 2. The van der Waals surface area contributed by atoms with E-state index >= 15 is 0 Å². The van der Waals surface area contributed by atoms with Gasteiger partial charge in [-0.25, -0.2) is 0 Å².